The fourth-order valence-electron chi connectivity index (χ4n) is 3.32. The van der Waals surface area contributed by atoms with Gasteiger partial charge in [0.15, 0.2) is 0 Å². The highest BCUT2D eigenvalue weighted by molar-refractivity contribution is 6.46. The summed E-state index contributed by atoms with van der Waals surface area (Å²) in [6, 6.07) is 7.55. The average molecular weight is 401 g/mol. The van der Waals surface area contributed by atoms with Crippen LogP contribution in [0.15, 0.2) is 48.3 Å². The van der Waals surface area contributed by atoms with E-state index in [0.29, 0.717) is 41.5 Å². The minimum atomic E-state index is -0.708. The Morgan fingerprint density at radius 1 is 1.21 bits per heavy atom. The quantitative estimate of drug-likeness (QED) is 0.451. The van der Waals surface area contributed by atoms with Gasteiger partial charge in [-0.15, -0.1) is 0 Å². The molecule has 1 aromatic heterocycles. The number of aliphatic hydroxyl groups excluding tert-OH is 1. The lowest BCUT2D eigenvalue weighted by molar-refractivity contribution is -0.139. The number of Topliss-reactive ketones (excluding diaryl/α,β-unsaturated/α-hetero) is 1. The van der Waals surface area contributed by atoms with E-state index in [1.807, 2.05) is 13.8 Å². The van der Waals surface area contributed by atoms with Crippen molar-refractivity contribution in [2.45, 2.75) is 26.3 Å². The fraction of sp³-hybridized carbons (Fsp3) is 0.286. The third-order valence-corrected chi connectivity index (χ3v) is 4.84. The minimum Gasteiger partial charge on any atom is -0.507 e. The van der Waals surface area contributed by atoms with Crippen molar-refractivity contribution in [3.8, 4) is 5.75 Å². The second kappa shape index (κ2) is 8.44. The van der Waals surface area contributed by atoms with Gasteiger partial charge in [0.25, 0.3) is 11.7 Å². The van der Waals surface area contributed by atoms with E-state index in [1.54, 1.807) is 42.7 Å². The summed E-state index contributed by atoms with van der Waals surface area (Å²) in [5.41, 5.74) is 1.12. The molecule has 1 amide bonds. The average Bonchev–Trinajstić information content (AvgIpc) is 2.95. The zero-order valence-corrected chi connectivity index (χ0v) is 16.4. The van der Waals surface area contributed by atoms with Gasteiger partial charge in [-0.25, -0.2) is 0 Å². The maximum Gasteiger partial charge on any atom is 0.295 e. The standard InChI is InChI=1S/C21H21ClN2O4/c1-3-11-24-18(13-7-9-23-10-8-13)17(20(26)21(24)27)19(25)14-5-6-15(22)16(12-14)28-4-2/h5-10,12,18,25H,3-4,11H2,1-2H3/b19-17-. The van der Waals surface area contributed by atoms with Crippen LogP contribution in [0.1, 0.15) is 37.4 Å². The third-order valence-electron chi connectivity index (χ3n) is 4.53. The number of likely N-dealkylation sites (tertiary alicyclic amines) is 1. The van der Waals surface area contributed by atoms with E-state index in [1.165, 1.54) is 4.90 Å². The highest BCUT2D eigenvalue weighted by atomic mass is 35.5. The Morgan fingerprint density at radius 3 is 2.57 bits per heavy atom. The number of benzene rings is 1. The number of carbonyl (C=O) groups is 2. The Balaban J connectivity index is 2.17. The van der Waals surface area contributed by atoms with Crippen molar-refractivity contribution in [1.29, 1.82) is 0 Å². The van der Waals surface area contributed by atoms with E-state index in [-0.39, 0.29) is 11.3 Å². The Morgan fingerprint density at radius 2 is 1.93 bits per heavy atom. The van der Waals surface area contributed by atoms with Gasteiger partial charge in [-0.3, -0.25) is 14.6 Å². The molecule has 1 aliphatic heterocycles. The van der Waals surface area contributed by atoms with Crippen LogP contribution in [0.4, 0.5) is 0 Å². The van der Waals surface area contributed by atoms with Gasteiger partial charge in [-0.05, 0) is 49.2 Å². The van der Waals surface area contributed by atoms with E-state index in [4.69, 9.17) is 16.3 Å². The molecule has 28 heavy (non-hydrogen) atoms. The summed E-state index contributed by atoms with van der Waals surface area (Å²) in [6.07, 6.45) is 3.87. The molecule has 146 valence electrons. The minimum absolute atomic E-state index is 0.0504. The van der Waals surface area contributed by atoms with Crippen LogP contribution in [0.25, 0.3) is 5.76 Å². The molecule has 1 aliphatic rings. The molecule has 2 aromatic rings. The first-order valence-electron chi connectivity index (χ1n) is 9.10. The zero-order valence-electron chi connectivity index (χ0n) is 15.7. The van der Waals surface area contributed by atoms with Crippen LogP contribution >= 0.6 is 11.6 Å². The Kier molecular flexibility index (Phi) is 5.99. The predicted octanol–water partition coefficient (Wildman–Crippen LogP) is 3.97. The number of rotatable bonds is 6. The van der Waals surface area contributed by atoms with Gasteiger partial charge < -0.3 is 14.7 Å². The lowest BCUT2D eigenvalue weighted by atomic mass is 9.96. The SMILES string of the molecule is CCCN1C(=O)C(=O)/C(=C(\O)c2ccc(Cl)c(OCC)c2)C1c1ccncc1. The normalized spacial score (nSPS) is 18.5. The second-order valence-electron chi connectivity index (χ2n) is 6.35. The molecule has 0 radical (unpaired) electrons. The first kappa shape index (κ1) is 19.9. The molecule has 3 rings (SSSR count). The van der Waals surface area contributed by atoms with Crippen molar-refractivity contribution in [1.82, 2.24) is 9.88 Å². The number of amides is 1. The Bertz CT molecular complexity index is 927. The molecule has 7 heteroatoms. The van der Waals surface area contributed by atoms with Crippen molar-refractivity contribution >= 4 is 29.1 Å². The van der Waals surface area contributed by atoms with Crippen LogP contribution < -0.4 is 4.74 Å². The van der Waals surface area contributed by atoms with Crippen molar-refractivity contribution < 1.29 is 19.4 Å². The van der Waals surface area contributed by atoms with Crippen LogP contribution in [0.3, 0.4) is 0 Å². The molecule has 2 heterocycles. The summed E-state index contributed by atoms with van der Waals surface area (Å²) in [7, 11) is 0. The van der Waals surface area contributed by atoms with Crippen molar-refractivity contribution in [3.63, 3.8) is 0 Å². The molecule has 1 unspecified atom stereocenters. The maximum atomic E-state index is 12.8. The van der Waals surface area contributed by atoms with Crippen LogP contribution in [-0.2, 0) is 9.59 Å². The predicted molar refractivity (Wildman–Crippen MR) is 106 cm³/mol. The van der Waals surface area contributed by atoms with Crippen molar-refractivity contribution in [2.24, 2.45) is 0 Å². The molecule has 1 saturated heterocycles. The maximum absolute atomic E-state index is 12.8. The third kappa shape index (κ3) is 3.60. The zero-order chi connectivity index (χ0) is 20.3. The summed E-state index contributed by atoms with van der Waals surface area (Å²) >= 11 is 6.12. The van der Waals surface area contributed by atoms with Crippen LogP contribution in [0.2, 0.25) is 5.02 Å². The monoisotopic (exact) mass is 400 g/mol. The van der Waals surface area contributed by atoms with E-state index < -0.39 is 17.7 Å². The largest absolute Gasteiger partial charge is 0.507 e. The molecule has 1 atom stereocenters. The number of carbonyl (C=O) groups excluding carboxylic acids is 2. The molecule has 1 aromatic carbocycles. The fourth-order valence-corrected chi connectivity index (χ4v) is 3.49. The van der Waals surface area contributed by atoms with Crippen LogP contribution in [0.5, 0.6) is 5.75 Å². The van der Waals surface area contributed by atoms with Gasteiger partial charge in [0.1, 0.15) is 11.5 Å². The number of ether oxygens (including phenoxy) is 1. The van der Waals surface area contributed by atoms with Gasteiger partial charge in [-0.2, -0.15) is 0 Å². The molecule has 6 nitrogen and oxygen atoms in total. The first-order valence-corrected chi connectivity index (χ1v) is 9.48. The van der Waals surface area contributed by atoms with Gasteiger partial charge >= 0.3 is 0 Å². The van der Waals surface area contributed by atoms with Crippen LogP contribution in [0, 0.1) is 0 Å². The van der Waals surface area contributed by atoms with Gasteiger partial charge in [0.2, 0.25) is 0 Å². The summed E-state index contributed by atoms with van der Waals surface area (Å²) in [5, 5.41) is 11.4. The Labute approximate surface area is 168 Å². The molecule has 0 aliphatic carbocycles. The summed E-state index contributed by atoms with van der Waals surface area (Å²) < 4.78 is 5.47. The number of nitrogens with zero attached hydrogens (tertiary/aromatic N) is 2. The lowest BCUT2D eigenvalue weighted by Gasteiger charge is -2.24. The molecule has 0 saturated carbocycles. The molecular formula is C21H21ClN2O4. The molecule has 0 spiro atoms. The van der Waals surface area contributed by atoms with Gasteiger partial charge in [0.05, 0.1) is 23.2 Å². The molecule has 1 N–H and O–H groups in total. The topological polar surface area (TPSA) is 79.7 Å². The molecule has 0 bridgehead atoms. The molecular weight excluding hydrogens is 380 g/mol. The van der Waals surface area contributed by atoms with Crippen molar-refractivity contribution in [2.75, 3.05) is 13.2 Å². The number of ketones is 1. The summed E-state index contributed by atoms with van der Waals surface area (Å²) in [4.78, 5) is 30.9. The highest BCUT2D eigenvalue weighted by Gasteiger charge is 2.45. The van der Waals surface area contributed by atoms with E-state index in [0.717, 1.165) is 0 Å². The van der Waals surface area contributed by atoms with Crippen LogP contribution in [-0.4, -0.2) is 39.8 Å². The van der Waals surface area contributed by atoms with E-state index in [2.05, 4.69) is 4.98 Å². The number of aliphatic hydroxyl groups is 1. The van der Waals surface area contributed by atoms with E-state index in [9.17, 15) is 14.7 Å². The number of hydrogen-bond acceptors (Lipinski definition) is 5. The summed E-state index contributed by atoms with van der Waals surface area (Å²) in [6.45, 7) is 4.56. The number of pyridine rings is 1. The highest BCUT2D eigenvalue weighted by Crippen LogP contribution is 2.40. The molecule has 1 fully saturated rings. The Hall–Kier alpha value is -2.86. The van der Waals surface area contributed by atoms with E-state index >= 15 is 0 Å². The second-order valence-corrected chi connectivity index (χ2v) is 6.76. The number of halogens is 1. The summed E-state index contributed by atoms with van der Waals surface area (Å²) in [5.74, 6) is -1.18. The first-order chi connectivity index (χ1) is 13.5. The number of hydrogen-bond donors (Lipinski definition) is 1. The lowest BCUT2D eigenvalue weighted by Crippen LogP contribution is -2.30. The number of aromatic nitrogens is 1. The van der Waals surface area contributed by atoms with Gasteiger partial charge in [-0.1, -0.05) is 18.5 Å². The smallest absolute Gasteiger partial charge is 0.295 e. The van der Waals surface area contributed by atoms with Gasteiger partial charge in [0, 0.05) is 24.5 Å². The van der Waals surface area contributed by atoms with Crippen molar-refractivity contribution in [3.05, 3.63) is 64.4 Å².